The molecule has 0 radical (unpaired) electrons. The van der Waals surface area contributed by atoms with Gasteiger partial charge in [-0.25, -0.2) is 0 Å². The number of aryl methyl sites for hydroxylation is 1. The first-order valence-corrected chi connectivity index (χ1v) is 8.37. The van der Waals surface area contributed by atoms with Crippen LogP contribution in [0.2, 0.25) is 0 Å². The molecule has 3 heterocycles. The summed E-state index contributed by atoms with van der Waals surface area (Å²) in [5.41, 5.74) is 2.56. The van der Waals surface area contributed by atoms with Crippen LogP contribution in [0.15, 0.2) is 18.3 Å². The largest absolute Gasteiger partial charge is 0.316 e. The van der Waals surface area contributed by atoms with Gasteiger partial charge in [-0.15, -0.1) is 0 Å². The molecule has 1 aromatic heterocycles. The summed E-state index contributed by atoms with van der Waals surface area (Å²) < 4.78 is 0. The predicted molar refractivity (Wildman–Crippen MR) is 84.0 cm³/mol. The number of hydrogen-bond donors (Lipinski definition) is 1. The van der Waals surface area contributed by atoms with Gasteiger partial charge in [0.2, 0.25) is 0 Å². The zero-order valence-corrected chi connectivity index (χ0v) is 13.0. The van der Waals surface area contributed by atoms with Crippen LogP contribution < -0.4 is 5.32 Å². The third-order valence-corrected chi connectivity index (χ3v) is 5.69. The fraction of sp³-hybridized carbons (Fsp3) is 0.706. The molecule has 1 aliphatic carbocycles. The zero-order chi connectivity index (χ0) is 14.2. The summed E-state index contributed by atoms with van der Waals surface area (Å²) in [7, 11) is 0. The number of pyridine rings is 1. The molecular formula is C17H26N4. The Kier molecular flexibility index (Phi) is 3.69. The summed E-state index contributed by atoms with van der Waals surface area (Å²) >= 11 is 0. The Labute approximate surface area is 127 Å². The highest BCUT2D eigenvalue weighted by Gasteiger charge is 2.52. The number of aromatic nitrogens is 1. The van der Waals surface area contributed by atoms with E-state index in [1.807, 2.05) is 12.3 Å². The van der Waals surface area contributed by atoms with Crippen molar-refractivity contribution in [1.82, 2.24) is 20.1 Å². The van der Waals surface area contributed by atoms with E-state index in [-0.39, 0.29) is 0 Å². The van der Waals surface area contributed by atoms with Crippen molar-refractivity contribution in [3.8, 4) is 0 Å². The summed E-state index contributed by atoms with van der Waals surface area (Å²) in [5.74, 6) is 2.99. The Morgan fingerprint density at radius 2 is 1.86 bits per heavy atom. The van der Waals surface area contributed by atoms with Crippen molar-refractivity contribution in [2.75, 3.05) is 45.8 Å². The van der Waals surface area contributed by atoms with Gasteiger partial charge in [0.15, 0.2) is 0 Å². The Morgan fingerprint density at radius 3 is 2.57 bits per heavy atom. The van der Waals surface area contributed by atoms with E-state index >= 15 is 0 Å². The first-order chi connectivity index (χ1) is 10.3. The van der Waals surface area contributed by atoms with Crippen LogP contribution in [0.1, 0.15) is 11.3 Å². The lowest BCUT2D eigenvalue weighted by atomic mass is 10.2. The van der Waals surface area contributed by atoms with E-state index in [2.05, 4.69) is 33.1 Å². The minimum atomic E-state index is 0.996. The second kappa shape index (κ2) is 5.67. The number of hydrogen-bond acceptors (Lipinski definition) is 4. The lowest BCUT2D eigenvalue weighted by Crippen LogP contribution is -2.47. The van der Waals surface area contributed by atoms with Gasteiger partial charge in [0.25, 0.3) is 0 Å². The molecule has 3 atom stereocenters. The van der Waals surface area contributed by atoms with Gasteiger partial charge in [-0.1, -0.05) is 6.07 Å². The van der Waals surface area contributed by atoms with E-state index in [9.17, 15) is 0 Å². The maximum absolute atomic E-state index is 4.53. The van der Waals surface area contributed by atoms with Crippen LogP contribution in [0.25, 0.3) is 0 Å². The normalized spacial score (nSPS) is 33.1. The monoisotopic (exact) mass is 286 g/mol. The molecule has 0 spiro atoms. The average Bonchev–Trinajstić information content (AvgIpc) is 2.94. The zero-order valence-electron chi connectivity index (χ0n) is 13.0. The van der Waals surface area contributed by atoms with Gasteiger partial charge in [-0.3, -0.25) is 9.88 Å². The van der Waals surface area contributed by atoms with Crippen LogP contribution in [0.5, 0.6) is 0 Å². The summed E-state index contributed by atoms with van der Waals surface area (Å²) in [6.45, 7) is 11.9. The molecule has 4 heteroatoms. The Balaban J connectivity index is 1.24. The summed E-state index contributed by atoms with van der Waals surface area (Å²) in [4.78, 5) is 9.77. The minimum Gasteiger partial charge on any atom is -0.316 e. The molecule has 114 valence electrons. The molecule has 1 saturated carbocycles. The van der Waals surface area contributed by atoms with Crippen molar-refractivity contribution < 1.29 is 0 Å². The van der Waals surface area contributed by atoms with Crippen LogP contribution in [0.3, 0.4) is 0 Å². The molecule has 1 aromatic rings. The molecule has 0 aromatic carbocycles. The summed E-state index contributed by atoms with van der Waals surface area (Å²) in [5, 5.41) is 3.49. The Morgan fingerprint density at radius 1 is 1.14 bits per heavy atom. The second-order valence-corrected chi connectivity index (χ2v) is 6.99. The van der Waals surface area contributed by atoms with Crippen LogP contribution in [-0.2, 0) is 6.54 Å². The number of rotatable bonds is 4. The highest BCUT2D eigenvalue weighted by Crippen LogP contribution is 2.48. The predicted octanol–water partition coefficient (Wildman–Crippen LogP) is 0.973. The maximum Gasteiger partial charge on any atom is 0.0573 e. The number of nitrogens with one attached hydrogen (secondary N) is 1. The third-order valence-electron chi connectivity index (χ3n) is 5.69. The van der Waals surface area contributed by atoms with Crippen molar-refractivity contribution in [3.63, 3.8) is 0 Å². The molecule has 4 nitrogen and oxygen atoms in total. The first-order valence-electron chi connectivity index (χ1n) is 8.37. The molecule has 2 saturated heterocycles. The topological polar surface area (TPSA) is 31.4 Å². The van der Waals surface area contributed by atoms with E-state index in [1.54, 1.807) is 0 Å². The Bertz CT molecular complexity index is 485. The van der Waals surface area contributed by atoms with Crippen LogP contribution >= 0.6 is 0 Å². The SMILES string of the molecule is Cc1cccnc1CN1CCN(CC2[C@H]3CNC[C@@H]23)CC1. The molecule has 21 heavy (non-hydrogen) atoms. The van der Waals surface area contributed by atoms with Crippen LogP contribution in [-0.4, -0.2) is 60.6 Å². The molecule has 3 aliphatic rings. The smallest absolute Gasteiger partial charge is 0.0573 e. The number of piperidine rings is 1. The summed E-state index contributed by atoms with van der Waals surface area (Å²) in [6.07, 6.45) is 1.92. The van der Waals surface area contributed by atoms with Gasteiger partial charge >= 0.3 is 0 Å². The number of nitrogens with zero attached hydrogens (tertiary/aromatic N) is 3. The van der Waals surface area contributed by atoms with Gasteiger partial charge in [0.05, 0.1) is 5.69 Å². The van der Waals surface area contributed by atoms with Crippen LogP contribution in [0.4, 0.5) is 0 Å². The molecule has 0 bridgehead atoms. The summed E-state index contributed by atoms with van der Waals surface area (Å²) in [6, 6.07) is 4.19. The van der Waals surface area contributed by atoms with E-state index in [4.69, 9.17) is 0 Å². The number of piperazine rings is 1. The molecular weight excluding hydrogens is 260 g/mol. The third kappa shape index (κ3) is 2.85. The van der Waals surface area contributed by atoms with E-state index in [0.29, 0.717) is 0 Å². The molecule has 1 unspecified atom stereocenters. The highest BCUT2D eigenvalue weighted by molar-refractivity contribution is 5.17. The molecule has 2 aliphatic heterocycles. The van der Waals surface area contributed by atoms with E-state index in [0.717, 1.165) is 24.3 Å². The minimum absolute atomic E-state index is 0.996. The lowest BCUT2D eigenvalue weighted by molar-refractivity contribution is 0.119. The standard InChI is InChI=1S/C17H26N4/c1-13-3-2-4-19-17(13)12-21-7-5-20(6-8-21)11-16-14-9-18-10-15(14)16/h2-4,14-16,18H,5-12H2,1H3/t14-,15+,16?. The maximum atomic E-state index is 4.53. The van der Waals surface area contributed by atoms with Crippen molar-refractivity contribution in [1.29, 1.82) is 0 Å². The molecule has 3 fully saturated rings. The van der Waals surface area contributed by atoms with E-state index in [1.165, 1.54) is 57.1 Å². The van der Waals surface area contributed by atoms with Gasteiger partial charge in [-0.2, -0.15) is 0 Å². The lowest BCUT2D eigenvalue weighted by Gasteiger charge is -2.35. The average molecular weight is 286 g/mol. The molecule has 1 N–H and O–H groups in total. The quantitative estimate of drug-likeness (QED) is 0.894. The van der Waals surface area contributed by atoms with Gasteiger partial charge in [0.1, 0.15) is 0 Å². The van der Waals surface area contributed by atoms with Crippen molar-refractivity contribution in [2.45, 2.75) is 13.5 Å². The van der Waals surface area contributed by atoms with Gasteiger partial charge in [0, 0.05) is 45.5 Å². The van der Waals surface area contributed by atoms with Crippen LogP contribution in [0, 0.1) is 24.7 Å². The molecule has 4 rings (SSSR count). The number of fused-ring (bicyclic) bond motifs is 1. The van der Waals surface area contributed by atoms with Gasteiger partial charge in [-0.05, 0) is 49.4 Å². The Hall–Kier alpha value is -0.970. The van der Waals surface area contributed by atoms with Crippen molar-refractivity contribution in [3.05, 3.63) is 29.6 Å². The fourth-order valence-electron chi connectivity index (χ4n) is 4.14. The first kappa shape index (κ1) is 13.7. The van der Waals surface area contributed by atoms with Crippen molar-refractivity contribution >= 4 is 0 Å². The highest BCUT2D eigenvalue weighted by atomic mass is 15.3. The van der Waals surface area contributed by atoms with E-state index < -0.39 is 0 Å². The second-order valence-electron chi connectivity index (χ2n) is 6.99. The van der Waals surface area contributed by atoms with Crippen molar-refractivity contribution in [2.24, 2.45) is 17.8 Å². The molecule has 0 amide bonds. The fourth-order valence-corrected chi connectivity index (χ4v) is 4.14. The van der Waals surface area contributed by atoms with Gasteiger partial charge < -0.3 is 10.2 Å².